The molecule has 6 nitrogen and oxygen atoms in total. The molecule has 0 saturated carbocycles. The van der Waals surface area contributed by atoms with Gasteiger partial charge in [0.05, 0.1) is 0 Å². The highest BCUT2D eigenvalue weighted by molar-refractivity contribution is 7.18. The Morgan fingerprint density at radius 3 is 2.31 bits per heavy atom. The third-order valence-electron chi connectivity index (χ3n) is 5.69. The molecule has 1 heterocycles. The Kier molecular flexibility index (Phi) is 10.8. The van der Waals surface area contributed by atoms with E-state index in [1.165, 1.54) is 49.2 Å². The summed E-state index contributed by atoms with van der Waals surface area (Å²) in [5.41, 5.74) is 1.67. The lowest BCUT2D eigenvalue weighted by molar-refractivity contribution is -0.126. The Hall–Kier alpha value is -3.13. The summed E-state index contributed by atoms with van der Waals surface area (Å²) in [5, 5.41) is 14.7. The Labute approximate surface area is 210 Å². The molecule has 0 fully saturated rings. The van der Waals surface area contributed by atoms with Crippen molar-refractivity contribution in [3.63, 3.8) is 0 Å². The van der Waals surface area contributed by atoms with E-state index in [-0.39, 0.29) is 17.6 Å². The number of nitrogens with zero attached hydrogens (tertiary/aromatic N) is 2. The van der Waals surface area contributed by atoms with E-state index in [2.05, 4.69) is 27.8 Å². The van der Waals surface area contributed by atoms with Gasteiger partial charge in [-0.25, -0.2) is 4.39 Å². The molecule has 0 spiro atoms. The summed E-state index contributed by atoms with van der Waals surface area (Å²) in [6.07, 6.45) is 8.67. The van der Waals surface area contributed by atoms with Crippen LogP contribution in [0, 0.1) is 5.82 Å². The number of rotatable bonds is 14. The van der Waals surface area contributed by atoms with Crippen LogP contribution in [0.15, 0.2) is 54.6 Å². The Morgan fingerprint density at radius 1 is 0.914 bits per heavy atom. The normalized spacial score (nSPS) is 11.7. The molecule has 2 amide bonds. The Morgan fingerprint density at radius 2 is 1.60 bits per heavy atom. The minimum Gasteiger partial charge on any atom is -0.344 e. The maximum absolute atomic E-state index is 13.2. The summed E-state index contributed by atoms with van der Waals surface area (Å²) in [5.74, 6) is -0.801. The SMILES string of the molecule is CCCCCCCCCC(=O)N[C@@H](Cc1ccccc1)C(=O)Nc1nnc(-c2ccc(F)cc2)s1. The highest BCUT2D eigenvalue weighted by atomic mass is 32.1. The number of unbranched alkanes of at least 4 members (excludes halogenated alkanes) is 6. The van der Waals surface area contributed by atoms with E-state index < -0.39 is 6.04 Å². The van der Waals surface area contributed by atoms with Crippen LogP contribution >= 0.6 is 11.3 Å². The van der Waals surface area contributed by atoms with Gasteiger partial charge in [-0.3, -0.25) is 14.9 Å². The third-order valence-corrected chi connectivity index (χ3v) is 6.58. The lowest BCUT2D eigenvalue weighted by Gasteiger charge is -2.18. The van der Waals surface area contributed by atoms with Crippen molar-refractivity contribution < 1.29 is 14.0 Å². The highest BCUT2D eigenvalue weighted by Gasteiger charge is 2.22. The molecule has 0 aliphatic carbocycles. The first-order chi connectivity index (χ1) is 17.0. The number of hydrogen-bond donors (Lipinski definition) is 2. The van der Waals surface area contributed by atoms with Crippen molar-refractivity contribution in [2.45, 2.75) is 70.8 Å². The van der Waals surface area contributed by atoms with Gasteiger partial charge in [0.1, 0.15) is 16.9 Å². The Balaban J connectivity index is 1.57. The van der Waals surface area contributed by atoms with Crippen LogP contribution in [0.4, 0.5) is 9.52 Å². The number of nitrogens with one attached hydrogen (secondary N) is 2. The average Bonchev–Trinajstić information content (AvgIpc) is 3.32. The standard InChI is InChI=1S/C27H33FN4O2S/c1-2-3-4-5-6-7-11-14-24(33)29-23(19-20-12-9-8-10-13-20)25(34)30-27-32-31-26(35-27)21-15-17-22(28)18-16-21/h8-10,12-13,15-18,23H,2-7,11,14,19H2,1H3,(H,29,33)(H,30,32,34)/t23-/m0/s1. The van der Waals surface area contributed by atoms with Gasteiger partial charge in [-0.2, -0.15) is 0 Å². The quantitative estimate of drug-likeness (QED) is 0.262. The Bertz CT molecular complexity index is 1060. The second-order valence-corrected chi connectivity index (χ2v) is 9.57. The summed E-state index contributed by atoms with van der Waals surface area (Å²) in [4.78, 5) is 25.7. The molecule has 0 radical (unpaired) electrons. The second kappa shape index (κ2) is 14.3. The van der Waals surface area contributed by atoms with E-state index in [0.29, 0.717) is 28.5 Å². The molecular weight excluding hydrogens is 463 g/mol. The van der Waals surface area contributed by atoms with Crippen molar-refractivity contribution in [2.24, 2.45) is 0 Å². The third kappa shape index (κ3) is 9.20. The summed E-state index contributed by atoms with van der Waals surface area (Å²) < 4.78 is 13.2. The van der Waals surface area contributed by atoms with E-state index in [0.717, 1.165) is 24.8 Å². The van der Waals surface area contributed by atoms with Crippen LogP contribution < -0.4 is 10.6 Å². The first-order valence-electron chi connectivity index (χ1n) is 12.3. The second-order valence-electron chi connectivity index (χ2n) is 8.59. The van der Waals surface area contributed by atoms with Gasteiger partial charge in [0.25, 0.3) is 0 Å². The molecule has 0 saturated heterocycles. The predicted octanol–water partition coefficient (Wildman–Crippen LogP) is 6.15. The zero-order chi connectivity index (χ0) is 24.9. The van der Waals surface area contributed by atoms with Crippen molar-refractivity contribution in [2.75, 3.05) is 5.32 Å². The number of benzene rings is 2. The first-order valence-corrected chi connectivity index (χ1v) is 13.1. The van der Waals surface area contributed by atoms with E-state index in [9.17, 15) is 14.0 Å². The van der Waals surface area contributed by atoms with Gasteiger partial charge >= 0.3 is 0 Å². The maximum atomic E-state index is 13.2. The van der Waals surface area contributed by atoms with Gasteiger partial charge in [-0.05, 0) is 36.2 Å². The van der Waals surface area contributed by atoms with Crippen molar-refractivity contribution in [3.05, 3.63) is 66.0 Å². The number of anilines is 1. The van der Waals surface area contributed by atoms with Gasteiger partial charge < -0.3 is 5.32 Å². The van der Waals surface area contributed by atoms with E-state index >= 15 is 0 Å². The number of amides is 2. The van der Waals surface area contributed by atoms with Crippen molar-refractivity contribution in [1.29, 1.82) is 0 Å². The van der Waals surface area contributed by atoms with Crippen LogP contribution in [0.25, 0.3) is 10.6 Å². The molecule has 35 heavy (non-hydrogen) atoms. The van der Waals surface area contributed by atoms with Crippen molar-refractivity contribution in [3.8, 4) is 10.6 Å². The monoisotopic (exact) mass is 496 g/mol. The fraction of sp³-hybridized carbons (Fsp3) is 0.407. The topological polar surface area (TPSA) is 84.0 Å². The minimum atomic E-state index is -0.729. The fourth-order valence-electron chi connectivity index (χ4n) is 3.74. The maximum Gasteiger partial charge on any atom is 0.249 e. The molecule has 0 bridgehead atoms. The molecule has 2 aromatic carbocycles. The van der Waals surface area contributed by atoms with Crippen molar-refractivity contribution in [1.82, 2.24) is 15.5 Å². The molecular formula is C27H33FN4O2S. The molecule has 0 aliphatic rings. The molecule has 186 valence electrons. The van der Waals surface area contributed by atoms with Crippen molar-refractivity contribution >= 4 is 28.3 Å². The lowest BCUT2D eigenvalue weighted by Crippen LogP contribution is -2.45. The van der Waals surface area contributed by atoms with Crippen LogP contribution in [-0.4, -0.2) is 28.1 Å². The van der Waals surface area contributed by atoms with Crippen LogP contribution in [0.1, 0.15) is 63.9 Å². The lowest BCUT2D eigenvalue weighted by atomic mass is 10.0. The highest BCUT2D eigenvalue weighted by Crippen LogP contribution is 2.26. The number of hydrogen-bond acceptors (Lipinski definition) is 5. The van der Waals surface area contributed by atoms with Gasteiger partial charge in [0.15, 0.2) is 0 Å². The van der Waals surface area contributed by atoms with Crippen LogP contribution in [0.3, 0.4) is 0 Å². The average molecular weight is 497 g/mol. The molecule has 1 atom stereocenters. The van der Waals surface area contributed by atoms with Crippen LogP contribution in [0.2, 0.25) is 0 Å². The molecule has 8 heteroatoms. The van der Waals surface area contributed by atoms with Gasteiger partial charge in [-0.15, -0.1) is 10.2 Å². The molecule has 0 aliphatic heterocycles. The summed E-state index contributed by atoms with van der Waals surface area (Å²) >= 11 is 1.20. The van der Waals surface area contributed by atoms with Gasteiger partial charge in [-0.1, -0.05) is 87.1 Å². The number of halogens is 1. The first kappa shape index (κ1) is 26.5. The molecule has 3 rings (SSSR count). The van der Waals surface area contributed by atoms with Gasteiger partial charge in [0, 0.05) is 18.4 Å². The van der Waals surface area contributed by atoms with Gasteiger partial charge in [0.2, 0.25) is 16.9 Å². The zero-order valence-corrected chi connectivity index (χ0v) is 21.0. The molecule has 1 aromatic heterocycles. The summed E-state index contributed by atoms with van der Waals surface area (Å²) in [6.45, 7) is 2.20. The smallest absolute Gasteiger partial charge is 0.249 e. The summed E-state index contributed by atoms with van der Waals surface area (Å²) in [6, 6.07) is 14.8. The zero-order valence-electron chi connectivity index (χ0n) is 20.1. The number of carbonyl (C=O) groups excluding carboxylic acids is 2. The number of carbonyl (C=O) groups is 2. The molecule has 3 aromatic rings. The van der Waals surface area contributed by atoms with Crippen LogP contribution in [0.5, 0.6) is 0 Å². The predicted molar refractivity (Wildman–Crippen MR) is 139 cm³/mol. The largest absolute Gasteiger partial charge is 0.344 e. The minimum absolute atomic E-state index is 0.126. The number of aromatic nitrogens is 2. The molecule has 0 unspecified atom stereocenters. The molecule has 2 N–H and O–H groups in total. The van der Waals surface area contributed by atoms with E-state index in [4.69, 9.17) is 0 Å². The van der Waals surface area contributed by atoms with E-state index in [1.54, 1.807) is 12.1 Å². The van der Waals surface area contributed by atoms with Crippen LogP contribution in [-0.2, 0) is 16.0 Å². The summed E-state index contributed by atoms with van der Waals surface area (Å²) in [7, 11) is 0. The van der Waals surface area contributed by atoms with E-state index in [1.807, 2.05) is 30.3 Å². The fourth-order valence-corrected chi connectivity index (χ4v) is 4.50.